The third kappa shape index (κ3) is 3.22. The van der Waals surface area contributed by atoms with Crippen molar-refractivity contribution >= 4 is 12.4 Å². The lowest BCUT2D eigenvalue weighted by molar-refractivity contribution is 0.276. The van der Waals surface area contributed by atoms with Crippen molar-refractivity contribution in [2.75, 3.05) is 6.61 Å². The molecule has 0 radical (unpaired) electrons. The van der Waals surface area contributed by atoms with Gasteiger partial charge in [-0.05, 0) is 12.0 Å². The SMILES string of the molecule is Cl.N[C@@H](CCO)c1ccccc1. The number of nitrogens with two attached hydrogens (primary N) is 1. The zero-order valence-electron chi connectivity index (χ0n) is 6.81. The molecule has 1 aromatic rings. The van der Waals surface area contributed by atoms with Crippen LogP contribution < -0.4 is 5.73 Å². The van der Waals surface area contributed by atoms with Crippen LogP contribution in [0.25, 0.3) is 0 Å². The Morgan fingerprint density at radius 2 is 1.83 bits per heavy atom. The van der Waals surface area contributed by atoms with E-state index in [1.807, 2.05) is 30.3 Å². The highest BCUT2D eigenvalue weighted by Gasteiger charge is 2.02. The van der Waals surface area contributed by atoms with Gasteiger partial charge >= 0.3 is 0 Å². The van der Waals surface area contributed by atoms with Gasteiger partial charge in [0.2, 0.25) is 0 Å². The van der Waals surface area contributed by atoms with Gasteiger partial charge in [0.1, 0.15) is 0 Å². The number of hydrogen-bond donors (Lipinski definition) is 2. The van der Waals surface area contributed by atoms with Crippen LogP contribution in [-0.2, 0) is 0 Å². The summed E-state index contributed by atoms with van der Waals surface area (Å²) in [5.41, 5.74) is 6.83. The van der Waals surface area contributed by atoms with E-state index in [-0.39, 0.29) is 25.1 Å². The average Bonchev–Trinajstić information content (AvgIpc) is 2.07. The molecule has 0 amide bonds. The maximum absolute atomic E-state index is 8.62. The van der Waals surface area contributed by atoms with Gasteiger partial charge in [-0.2, -0.15) is 0 Å². The Labute approximate surface area is 78.8 Å². The Morgan fingerprint density at radius 3 is 2.33 bits per heavy atom. The topological polar surface area (TPSA) is 46.2 Å². The second-order valence-electron chi connectivity index (χ2n) is 2.53. The standard InChI is InChI=1S/C9H13NO.ClH/c10-9(6-7-11)8-4-2-1-3-5-8;/h1-5,9,11H,6-7,10H2;1H/t9-;/m0./s1. The van der Waals surface area contributed by atoms with Crippen LogP contribution in [0.4, 0.5) is 0 Å². The van der Waals surface area contributed by atoms with Crippen LogP contribution >= 0.6 is 12.4 Å². The Kier molecular flexibility index (Phi) is 5.72. The molecular formula is C9H14ClNO. The normalized spacial score (nSPS) is 11.8. The summed E-state index contributed by atoms with van der Waals surface area (Å²) in [6.45, 7) is 0.149. The van der Waals surface area contributed by atoms with Crippen molar-refractivity contribution in [3.63, 3.8) is 0 Å². The molecule has 68 valence electrons. The molecule has 0 bridgehead atoms. The Balaban J connectivity index is 0.00000121. The van der Waals surface area contributed by atoms with E-state index in [2.05, 4.69) is 0 Å². The minimum atomic E-state index is -0.0267. The van der Waals surface area contributed by atoms with E-state index in [4.69, 9.17) is 10.8 Å². The van der Waals surface area contributed by atoms with Crippen LogP contribution in [-0.4, -0.2) is 11.7 Å². The number of aliphatic hydroxyl groups is 1. The van der Waals surface area contributed by atoms with E-state index in [1.165, 1.54) is 0 Å². The second-order valence-corrected chi connectivity index (χ2v) is 2.53. The molecule has 0 spiro atoms. The molecule has 3 N–H and O–H groups in total. The third-order valence-corrected chi connectivity index (χ3v) is 1.67. The molecule has 1 rings (SSSR count). The van der Waals surface area contributed by atoms with Gasteiger partial charge in [0.15, 0.2) is 0 Å². The highest BCUT2D eigenvalue weighted by atomic mass is 35.5. The van der Waals surface area contributed by atoms with Crippen molar-refractivity contribution in [3.05, 3.63) is 35.9 Å². The number of aliphatic hydroxyl groups excluding tert-OH is 1. The molecule has 2 nitrogen and oxygen atoms in total. The highest BCUT2D eigenvalue weighted by Crippen LogP contribution is 2.11. The van der Waals surface area contributed by atoms with Crippen LogP contribution in [0.15, 0.2) is 30.3 Å². The first-order valence-electron chi connectivity index (χ1n) is 3.76. The average molecular weight is 188 g/mol. The zero-order chi connectivity index (χ0) is 8.10. The largest absolute Gasteiger partial charge is 0.396 e. The molecule has 1 aromatic carbocycles. The van der Waals surface area contributed by atoms with Gasteiger partial charge in [-0.15, -0.1) is 12.4 Å². The summed E-state index contributed by atoms with van der Waals surface area (Å²) in [6, 6.07) is 9.77. The molecule has 1 atom stereocenters. The number of hydrogen-bond acceptors (Lipinski definition) is 2. The van der Waals surface area contributed by atoms with Crippen molar-refractivity contribution < 1.29 is 5.11 Å². The van der Waals surface area contributed by atoms with Crippen LogP contribution in [0.1, 0.15) is 18.0 Å². The van der Waals surface area contributed by atoms with Crippen LogP contribution in [0, 0.1) is 0 Å². The molecule has 0 aliphatic carbocycles. The molecule has 12 heavy (non-hydrogen) atoms. The van der Waals surface area contributed by atoms with Gasteiger partial charge in [-0.25, -0.2) is 0 Å². The summed E-state index contributed by atoms with van der Waals surface area (Å²) in [7, 11) is 0. The van der Waals surface area contributed by atoms with E-state index < -0.39 is 0 Å². The van der Waals surface area contributed by atoms with Gasteiger partial charge < -0.3 is 10.8 Å². The first kappa shape index (κ1) is 11.4. The van der Waals surface area contributed by atoms with Crippen molar-refractivity contribution in [1.29, 1.82) is 0 Å². The second kappa shape index (κ2) is 6.00. The minimum Gasteiger partial charge on any atom is -0.396 e. The van der Waals surface area contributed by atoms with E-state index in [0.29, 0.717) is 6.42 Å². The maximum Gasteiger partial charge on any atom is 0.0449 e. The summed E-state index contributed by atoms with van der Waals surface area (Å²) in [6.07, 6.45) is 0.629. The lowest BCUT2D eigenvalue weighted by atomic mass is 10.1. The predicted octanol–water partition coefficient (Wildman–Crippen LogP) is 1.49. The molecule has 0 saturated carbocycles. The molecular weight excluding hydrogens is 174 g/mol. The number of rotatable bonds is 3. The van der Waals surface area contributed by atoms with Gasteiger partial charge in [-0.1, -0.05) is 30.3 Å². The molecule has 0 heterocycles. The molecule has 0 fully saturated rings. The summed E-state index contributed by atoms with van der Waals surface area (Å²) in [5.74, 6) is 0. The van der Waals surface area contributed by atoms with Gasteiger partial charge in [0.25, 0.3) is 0 Å². The van der Waals surface area contributed by atoms with Gasteiger partial charge in [0, 0.05) is 12.6 Å². The molecule has 3 heteroatoms. The van der Waals surface area contributed by atoms with Crippen LogP contribution in [0.5, 0.6) is 0 Å². The van der Waals surface area contributed by atoms with Crippen LogP contribution in [0.3, 0.4) is 0 Å². The minimum absolute atomic E-state index is 0. The van der Waals surface area contributed by atoms with E-state index in [1.54, 1.807) is 0 Å². The lowest BCUT2D eigenvalue weighted by Crippen LogP contribution is -2.11. The predicted molar refractivity (Wildman–Crippen MR) is 52.3 cm³/mol. The number of benzene rings is 1. The van der Waals surface area contributed by atoms with Crippen molar-refractivity contribution in [3.8, 4) is 0 Å². The summed E-state index contributed by atoms with van der Waals surface area (Å²) >= 11 is 0. The van der Waals surface area contributed by atoms with E-state index in [0.717, 1.165) is 5.56 Å². The summed E-state index contributed by atoms with van der Waals surface area (Å²) < 4.78 is 0. The Morgan fingerprint density at radius 1 is 1.25 bits per heavy atom. The quantitative estimate of drug-likeness (QED) is 0.753. The van der Waals surface area contributed by atoms with Crippen molar-refractivity contribution in [2.45, 2.75) is 12.5 Å². The lowest BCUT2D eigenvalue weighted by Gasteiger charge is -2.08. The van der Waals surface area contributed by atoms with E-state index >= 15 is 0 Å². The highest BCUT2D eigenvalue weighted by molar-refractivity contribution is 5.85. The van der Waals surface area contributed by atoms with E-state index in [9.17, 15) is 0 Å². The molecule has 0 saturated heterocycles. The third-order valence-electron chi connectivity index (χ3n) is 1.67. The fraction of sp³-hybridized carbons (Fsp3) is 0.333. The van der Waals surface area contributed by atoms with Gasteiger partial charge in [-0.3, -0.25) is 0 Å². The Hall–Kier alpha value is -0.570. The number of halogens is 1. The Bertz CT molecular complexity index is 203. The zero-order valence-corrected chi connectivity index (χ0v) is 7.63. The fourth-order valence-corrected chi connectivity index (χ4v) is 1.01. The summed E-state index contributed by atoms with van der Waals surface area (Å²) in [4.78, 5) is 0. The summed E-state index contributed by atoms with van der Waals surface area (Å²) in [5, 5.41) is 8.62. The molecule has 0 aliphatic heterocycles. The first-order chi connectivity index (χ1) is 5.34. The molecule has 0 aromatic heterocycles. The molecule has 0 unspecified atom stereocenters. The van der Waals surface area contributed by atoms with Crippen LogP contribution in [0.2, 0.25) is 0 Å². The van der Waals surface area contributed by atoms with Gasteiger partial charge in [0.05, 0.1) is 0 Å². The maximum atomic E-state index is 8.62. The fourth-order valence-electron chi connectivity index (χ4n) is 1.01. The molecule has 0 aliphatic rings. The van der Waals surface area contributed by atoms with Crippen molar-refractivity contribution in [2.24, 2.45) is 5.73 Å². The smallest absolute Gasteiger partial charge is 0.0449 e. The first-order valence-corrected chi connectivity index (χ1v) is 3.76. The monoisotopic (exact) mass is 187 g/mol. The van der Waals surface area contributed by atoms with Crippen molar-refractivity contribution in [1.82, 2.24) is 0 Å².